The number of H-pyrrole nitrogens is 1. The van der Waals surface area contributed by atoms with Crippen LogP contribution < -0.4 is 10.1 Å². The zero-order valence-corrected chi connectivity index (χ0v) is 14.7. The van der Waals surface area contributed by atoms with Crippen LogP contribution in [0, 0.1) is 0 Å². The molecule has 0 saturated carbocycles. The Morgan fingerprint density at radius 2 is 2.38 bits per heavy atom. The molecular weight excluding hydrogens is 324 g/mol. The maximum absolute atomic E-state index is 5.61. The number of hydrogen-bond acceptors (Lipinski definition) is 5. The number of aromatic amines is 1. The van der Waals surface area contributed by atoms with E-state index in [1.165, 1.54) is 0 Å². The van der Waals surface area contributed by atoms with Gasteiger partial charge in [0.2, 0.25) is 0 Å². The quantitative estimate of drug-likeness (QED) is 0.641. The largest absolute Gasteiger partial charge is 0.496 e. The van der Waals surface area contributed by atoms with E-state index in [1.807, 2.05) is 36.6 Å². The Bertz CT molecular complexity index is 695. The minimum Gasteiger partial charge on any atom is -0.496 e. The highest BCUT2D eigenvalue weighted by Gasteiger charge is 2.15. The number of benzene rings is 1. The van der Waals surface area contributed by atoms with Crippen molar-refractivity contribution in [2.75, 3.05) is 31.8 Å². The number of hydrogen-bond donors (Lipinski definition) is 2. The number of rotatable bonds is 5. The summed E-state index contributed by atoms with van der Waals surface area (Å²) in [5.41, 5.74) is 1.87. The molecule has 2 N–H and O–H groups in total. The van der Waals surface area contributed by atoms with Crippen LogP contribution in [0.5, 0.6) is 5.75 Å². The predicted molar refractivity (Wildman–Crippen MR) is 99.0 cm³/mol. The first-order chi connectivity index (χ1) is 11.8. The van der Waals surface area contributed by atoms with Crippen molar-refractivity contribution in [3.63, 3.8) is 0 Å². The van der Waals surface area contributed by atoms with Gasteiger partial charge < -0.3 is 14.8 Å². The van der Waals surface area contributed by atoms with Gasteiger partial charge in [-0.05, 0) is 31.2 Å². The molecule has 6 nitrogen and oxygen atoms in total. The smallest absolute Gasteiger partial charge is 0.162 e. The van der Waals surface area contributed by atoms with Gasteiger partial charge in [0.05, 0.1) is 25.5 Å². The first kappa shape index (κ1) is 16.9. The molecule has 2 heterocycles. The maximum Gasteiger partial charge on any atom is 0.162 e. The summed E-state index contributed by atoms with van der Waals surface area (Å²) in [6, 6.07) is 9.80. The summed E-state index contributed by atoms with van der Waals surface area (Å²) >= 11 is 1.57. The van der Waals surface area contributed by atoms with Gasteiger partial charge in [-0.25, -0.2) is 0 Å². The highest BCUT2D eigenvalue weighted by molar-refractivity contribution is 8.13. The topological polar surface area (TPSA) is 71.5 Å². The first-order valence-electron chi connectivity index (χ1n) is 7.96. The van der Waals surface area contributed by atoms with Gasteiger partial charge in [0, 0.05) is 18.2 Å². The maximum atomic E-state index is 5.61. The summed E-state index contributed by atoms with van der Waals surface area (Å²) in [7, 11) is 1.66. The van der Waals surface area contributed by atoms with E-state index >= 15 is 0 Å². The molecule has 1 atom stereocenters. The fraction of sp³-hybridized carbons (Fsp3) is 0.412. The van der Waals surface area contributed by atoms with Crippen LogP contribution >= 0.6 is 11.8 Å². The Balaban J connectivity index is 1.69. The molecule has 128 valence electrons. The Labute approximate surface area is 146 Å². The summed E-state index contributed by atoms with van der Waals surface area (Å²) in [6.07, 6.45) is 4.46. The molecule has 1 aromatic heterocycles. The van der Waals surface area contributed by atoms with E-state index in [9.17, 15) is 0 Å². The van der Waals surface area contributed by atoms with Crippen molar-refractivity contribution in [2.45, 2.75) is 18.9 Å². The van der Waals surface area contributed by atoms with Gasteiger partial charge in [-0.2, -0.15) is 5.10 Å². The molecular formula is C17H22N4O2S. The SMILES string of the molecule is COc1ccccc1-c1cc(NC(=NC[C@H]2CCCO2)SC)n[nH]1. The second-order valence-electron chi connectivity index (χ2n) is 5.48. The third-order valence-corrected chi connectivity index (χ3v) is 4.48. The third-order valence-electron chi connectivity index (χ3n) is 3.87. The lowest BCUT2D eigenvalue weighted by Gasteiger charge is -2.08. The average Bonchev–Trinajstić information content (AvgIpc) is 3.30. The molecule has 7 heteroatoms. The van der Waals surface area contributed by atoms with Gasteiger partial charge in [0.15, 0.2) is 11.0 Å². The van der Waals surface area contributed by atoms with Crippen molar-refractivity contribution in [1.82, 2.24) is 10.2 Å². The van der Waals surface area contributed by atoms with Crippen molar-refractivity contribution in [2.24, 2.45) is 4.99 Å². The minimum absolute atomic E-state index is 0.247. The Morgan fingerprint density at radius 3 is 3.12 bits per heavy atom. The van der Waals surface area contributed by atoms with Crippen LogP contribution in [0.3, 0.4) is 0 Å². The van der Waals surface area contributed by atoms with Crippen LogP contribution in [-0.2, 0) is 4.74 Å². The van der Waals surface area contributed by atoms with Crippen LogP contribution in [0.25, 0.3) is 11.3 Å². The zero-order valence-electron chi connectivity index (χ0n) is 13.9. The number of ether oxygens (including phenoxy) is 2. The number of methoxy groups -OCH3 is 1. The Morgan fingerprint density at radius 1 is 1.50 bits per heavy atom. The van der Waals surface area contributed by atoms with E-state index in [0.29, 0.717) is 6.54 Å². The predicted octanol–water partition coefficient (Wildman–Crippen LogP) is 3.40. The van der Waals surface area contributed by atoms with Gasteiger partial charge in [0.25, 0.3) is 0 Å². The number of thioether (sulfide) groups is 1. The molecule has 24 heavy (non-hydrogen) atoms. The Kier molecular flexibility index (Phi) is 5.77. The highest BCUT2D eigenvalue weighted by atomic mass is 32.2. The number of aliphatic imine (C=N–C) groups is 1. The van der Waals surface area contributed by atoms with Gasteiger partial charge in [-0.15, -0.1) is 0 Å². The van der Waals surface area contributed by atoms with E-state index in [2.05, 4.69) is 20.5 Å². The molecule has 0 spiro atoms. The van der Waals surface area contributed by atoms with Gasteiger partial charge >= 0.3 is 0 Å². The van der Waals surface area contributed by atoms with Crippen molar-refractivity contribution in [3.8, 4) is 17.0 Å². The van der Waals surface area contributed by atoms with Gasteiger partial charge in [0.1, 0.15) is 5.75 Å². The van der Waals surface area contributed by atoms with Crippen LogP contribution in [0.1, 0.15) is 12.8 Å². The zero-order chi connectivity index (χ0) is 16.8. The summed E-state index contributed by atoms with van der Waals surface area (Å²) < 4.78 is 11.0. The minimum atomic E-state index is 0.247. The van der Waals surface area contributed by atoms with Crippen molar-refractivity contribution >= 4 is 22.7 Å². The number of aromatic nitrogens is 2. The van der Waals surface area contributed by atoms with E-state index in [-0.39, 0.29) is 6.10 Å². The second-order valence-corrected chi connectivity index (χ2v) is 6.27. The molecule has 1 aliphatic rings. The molecule has 0 bridgehead atoms. The van der Waals surface area contributed by atoms with Crippen molar-refractivity contribution in [3.05, 3.63) is 30.3 Å². The first-order valence-corrected chi connectivity index (χ1v) is 9.18. The number of nitrogens with zero attached hydrogens (tertiary/aromatic N) is 2. The van der Waals surface area contributed by atoms with E-state index in [4.69, 9.17) is 9.47 Å². The normalized spacial score (nSPS) is 17.9. The van der Waals surface area contributed by atoms with Crippen LogP contribution in [0.4, 0.5) is 5.82 Å². The van der Waals surface area contributed by atoms with Crippen LogP contribution in [-0.4, -0.2) is 48.0 Å². The Hall–Kier alpha value is -1.99. The lowest BCUT2D eigenvalue weighted by Crippen LogP contribution is -2.14. The fourth-order valence-corrected chi connectivity index (χ4v) is 3.04. The summed E-state index contributed by atoms with van der Waals surface area (Å²) in [5.74, 6) is 1.54. The summed E-state index contributed by atoms with van der Waals surface area (Å²) in [4.78, 5) is 4.60. The standard InChI is InChI=1S/C17H22N4O2S/c1-22-15-8-4-3-7-13(15)14-10-16(21-20-14)19-17(24-2)18-11-12-6-5-9-23-12/h3-4,7-8,10,12H,5-6,9,11H2,1-2H3,(H2,18,19,20,21)/t12-/m1/s1. The van der Waals surface area contributed by atoms with E-state index < -0.39 is 0 Å². The molecule has 0 aliphatic carbocycles. The van der Waals surface area contributed by atoms with E-state index in [1.54, 1.807) is 18.9 Å². The number of para-hydroxylation sites is 1. The highest BCUT2D eigenvalue weighted by Crippen LogP contribution is 2.29. The molecule has 3 rings (SSSR count). The monoisotopic (exact) mass is 346 g/mol. The number of amidine groups is 1. The molecule has 1 aromatic carbocycles. The molecule has 0 unspecified atom stereocenters. The number of nitrogens with one attached hydrogen (secondary N) is 2. The lowest BCUT2D eigenvalue weighted by molar-refractivity contribution is 0.118. The second kappa shape index (κ2) is 8.21. The average molecular weight is 346 g/mol. The van der Waals surface area contributed by atoms with Gasteiger partial charge in [-0.1, -0.05) is 23.9 Å². The van der Waals surface area contributed by atoms with E-state index in [0.717, 1.165) is 47.4 Å². The third kappa shape index (κ3) is 4.10. The van der Waals surface area contributed by atoms with Gasteiger partial charge in [-0.3, -0.25) is 10.1 Å². The molecule has 2 aromatic rings. The molecule has 1 fully saturated rings. The lowest BCUT2D eigenvalue weighted by atomic mass is 10.1. The van der Waals surface area contributed by atoms with Crippen molar-refractivity contribution in [1.29, 1.82) is 0 Å². The summed E-state index contributed by atoms with van der Waals surface area (Å²) in [5, 5.41) is 11.5. The summed E-state index contributed by atoms with van der Waals surface area (Å²) in [6.45, 7) is 1.54. The van der Waals surface area contributed by atoms with Crippen LogP contribution in [0.2, 0.25) is 0 Å². The molecule has 1 saturated heterocycles. The number of anilines is 1. The molecule has 1 aliphatic heterocycles. The fourth-order valence-electron chi connectivity index (χ4n) is 2.63. The molecule has 0 radical (unpaired) electrons. The molecule has 0 amide bonds. The van der Waals surface area contributed by atoms with Crippen LogP contribution in [0.15, 0.2) is 35.3 Å². The van der Waals surface area contributed by atoms with Crippen molar-refractivity contribution < 1.29 is 9.47 Å².